The maximum atomic E-state index is 13.3. The predicted octanol–water partition coefficient (Wildman–Crippen LogP) is 5.15. The van der Waals surface area contributed by atoms with E-state index in [0.29, 0.717) is 16.9 Å². The molecule has 6 heteroatoms. The molecule has 0 spiro atoms. The summed E-state index contributed by atoms with van der Waals surface area (Å²) in [5.74, 6) is 0.239. The molecule has 3 nitrogen and oxygen atoms in total. The summed E-state index contributed by atoms with van der Waals surface area (Å²) >= 11 is 9.19. The van der Waals surface area contributed by atoms with Crippen molar-refractivity contribution in [3.05, 3.63) is 57.8 Å². The van der Waals surface area contributed by atoms with Crippen LogP contribution in [0.2, 0.25) is 5.02 Å². The Labute approximate surface area is 133 Å². The van der Waals surface area contributed by atoms with Gasteiger partial charge in [0.2, 0.25) is 0 Å². The second-order valence-corrected chi connectivity index (χ2v) is 5.73. The highest BCUT2D eigenvalue weighted by Gasteiger charge is 2.18. The molecule has 0 unspecified atom stereocenters. The lowest BCUT2D eigenvalue weighted by molar-refractivity contribution is 0.436. The van der Waals surface area contributed by atoms with Crippen molar-refractivity contribution in [3.63, 3.8) is 0 Å². The summed E-state index contributed by atoms with van der Waals surface area (Å²) in [7, 11) is 0. The van der Waals surface area contributed by atoms with Crippen LogP contribution in [0.5, 0.6) is 0 Å². The Kier molecular flexibility index (Phi) is 3.69. The van der Waals surface area contributed by atoms with Crippen LogP contribution in [0.25, 0.3) is 22.5 Å². The minimum atomic E-state index is -0.488. The Balaban J connectivity index is 2.16. The van der Waals surface area contributed by atoms with Gasteiger partial charge in [-0.25, -0.2) is 4.39 Å². The minimum Gasteiger partial charge on any atom is -0.380 e. The van der Waals surface area contributed by atoms with Crippen LogP contribution in [-0.4, -0.2) is 5.16 Å². The topological polar surface area (TPSA) is 52.0 Å². The van der Waals surface area contributed by atoms with Crippen molar-refractivity contribution in [1.29, 1.82) is 0 Å². The monoisotopic (exact) mass is 366 g/mol. The molecule has 3 aromatic rings. The fourth-order valence-electron chi connectivity index (χ4n) is 2.03. The predicted molar refractivity (Wildman–Crippen MR) is 84.5 cm³/mol. The quantitative estimate of drug-likeness (QED) is 0.682. The summed E-state index contributed by atoms with van der Waals surface area (Å²) < 4.78 is 19.5. The van der Waals surface area contributed by atoms with Crippen LogP contribution in [0.1, 0.15) is 0 Å². The van der Waals surface area contributed by atoms with Gasteiger partial charge in [-0.2, -0.15) is 0 Å². The van der Waals surface area contributed by atoms with Gasteiger partial charge in [0, 0.05) is 10.0 Å². The average molecular weight is 368 g/mol. The van der Waals surface area contributed by atoms with Crippen LogP contribution < -0.4 is 5.73 Å². The van der Waals surface area contributed by atoms with E-state index in [-0.39, 0.29) is 10.8 Å². The van der Waals surface area contributed by atoms with Crippen molar-refractivity contribution >= 4 is 33.3 Å². The van der Waals surface area contributed by atoms with Crippen molar-refractivity contribution in [3.8, 4) is 22.5 Å². The van der Waals surface area contributed by atoms with E-state index < -0.39 is 5.82 Å². The van der Waals surface area contributed by atoms with Gasteiger partial charge in [-0.05, 0) is 35.9 Å². The SMILES string of the molecule is Nc1noc(-c2ccc(F)c(Cl)c2)c1-c1ccc(Br)cc1. The summed E-state index contributed by atoms with van der Waals surface area (Å²) in [4.78, 5) is 0. The van der Waals surface area contributed by atoms with E-state index in [1.807, 2.05) is 24.3 Å². The van der Waals surface area contributed by atoms with Crippen LogP contribution in [-0.2, 0) is 0 Å². The van der Waals surface area contributed by atoms with Crippen molar-refractivity contribution in [2.75, 3.05) is 5.73 Å². The van der Waals surface area contributed by atoms with E-state index in [4.69, 9.17) is 21.9 Å². The minimum absolute atomic E-state index is 0.0178. The maximum absolute atomic E-state index is 13.3. The first-order valence-corrected chi connectivity index (χ1v) is 7.20. The molecule has 0 atom stereocenters. The van der Waals surface area contributed by atoms with E-state index in [0.717, 1.165) is 10.0 Å². The molecule has 1 heterocycles. The van der Waals surface area contributed by atoms with Gasteiger partial charge in [-0.3, -0.25) is 0 Å². The molecule has 0 aliphatic heterocycles. The fourth-order valence-corrected chi connectivity index (χ4v) is 2.48. The molecule has 3 rings (SSSR count). The number of anilines is 1. The molecule has 0 aliphatic carbocycles. The molecular formula is C15H9BrClFN2O. The van der Waals surface area contributed by atoms with Crippen molar-refractivity contribution < 1.29 is 8.91 Å². The highest BCUT2D eigenvalue weighted by atomic mass is 79.9. The van der Waals surface area contributed by atoms with E-state index in [1.54, 1.807) is 6.07 Å². The molecule has 106 valence electrons. The summed E-state index contributed by atoms with van der Waals surface area (Å²) in [5.41, 5.74) is 8.02. The van der Waals surface area contributed by atoms with Gasteiger partial charge in [0.15, 0.2) is 11.6 Å². The van der Waals surface area contributed by atoms with Gasteiger partial charge < -0.3 is 10.3 Å². The second-order valence-electron chi connectivity index (χ2n) is 4.41. The normalized spacial score (nSPS) is 10.8. The number of nitrogen functional groups attached to an aromatic ring is 1. The molecule has 0 aliphatic rings. The zero-order valence-electron chi connectivity index (χ0n) is 10.6. The summed E-state index contributed by atoms with van der Waals surface area (Å²) in [5, 5.41) is 3.82. The Morgan fingerprint density at radius 2 is 1.76 bits per heavy atom. The molecular weight excluding hydrogens is 359 g/mol. The van der Waals surface area contributed by atoms with Gasteiger partial charge in [0.05, 0.1) is 10.6 Å². The summed E-state index contributed by atoms with van der Waals surface area (Å²) in [6, 6.07) is 11.9. The van der Waals surface area contributed by atoms with Gasteiger partial charge in [-0.15, -0.1) is 0 Å². The summed E-state index contributed by atoms with van der Waals surface area (Å²) in [6.07, 6.45) is 0. The second kappa shape index (κ2) is 5.50. The third-order valence-corrected chi connectivity index (χ3v) is 3.85. The van der Waals surface area contributed by atoms with Gasteiger partial charge in [0.25, 0.3) is 0 Å². The number of nitrogens with zero attached hydrogens (tertiary/aromatic N) is 1. The number of nitrogens with two attached hydrogens (primary N) is 1. The number of aromatic nitrogens is 1. The highest BCUT2D eigenvalue weighted by Crippen LogP contribution is 2.37. The Bertz CT molecular complexity index is 802. The number of hydrogen-bond donors (Lipinski definition) is 1. The average Bonchev–Trinajstić information content (AvgIpc) is 2.85. The zero-order chi connectivity index (χ0) is 15.0. The lowest BCUT2D eigenvalue weighted by Gasteiger charge is -2.04. The molecule has 21 heavy (non-hydrogen) atoms. The van der Waals surface area contributed by atoms with E-state index in [2.05, 4.69) is 21.1 Å². The molecule has 1 aromatic heterocycles. The zero-order valence-corrected chi connectivity index (χ0v) is 13.0. The summed E-state index contributed by atoms with van der Waals surface area (Å²) in [6.45, 7) is 0. The molecule has 0 radical (unpaired) electrons. The van der Waals surface area contributed by atoms with E-state index in [1.165, 1.54) is 12.1 Å². The lowest BCUT2D eigenvalue weighted by atomic mass is 10.0. The van der Waals surface area contributed by atoms with Crippen LogP contribution in [0.3, 0.4) is 0 Å². The number of benzene rings is 2. The smallest absolute Gasteiger partial charge is 0.176 e. The van der Waals surface area contributed by atoms with Crippen LogP contribution in [0, 0.1) is 5.82 Å². The Morgan fingerprint density at radius 3 is 2.43 bits per heavy atom. The largest absolute Gasteiger partial charge is 0.380 e. The van der Waals surface area contributed by atoms with E-state index in [9.17, 15) is 4.39 Å². The number of halogens is 3. The molecule has 2 aromatic carbocycles. The number of hydrogen-bond acceptors (Lipinski definition) is 3. The molecule has 0 saturated carbocycles. The van der Waals surface area contributed by atoms with Crippen LogP contribution >= 0.6 is 27.5 Å². The van der Waals surface area contributed by atoms with E-state index >= 15 is 0 Å². The standard InChI is InChI=1S/C15H9BrClFN2O/c16-10-4-1-8(2-5-10)13-14(21-20-15(13)19)9-3-6-12(18)11(17)7-9/h1-7H,(H2,19,20). The first kappa shape index (κ1) is 14.1. The Hall–Kier alpha value is -1.85. The molecule has 0 bridgehead atoms. The van der Waals surface area contributed by atoms with Gasteiger partial charge in [0.1, 0.15) is 5.82 Å². The molecule has 0 amide bonds. The molecule has 2 N–H and O–H groups in total. The fraction of sp³-hybridized carbons (Fsp3) is 0. The van der Waals surface area contributed by atoms with Gasteiger partial charge >= 0.3 is 0 Å². The van der Waals surface area contributed by atoms with Crippen molar-refractivity contribution in [2.45, 2.75) is 0 Å². The third kappa shape index (κ3) is 2.66. The van der Waals surface area contributed by atoms with Crippen LogP contribution in [0.4, 0.5) is 10.2 Å². The third-order valence-electron chi connectivity index (χ3n) is 3.03. The van der Waals surface area contributed by atoms with Crippen LogP contribution in [0.15, 0.2) is 51.5 Å². The Morgan fingerprint density at radius 1 is 1.10 bits per heavy atom. The maximum Gasteiger partial charge on any atom is 0.176 e. The first-order valence-electron chi connectivity index (χ1n) is 6.03. The van der Waals surface area contributed by atoms with Crippen molar-refractivity contribution in [2.24, 2.45) is 0 Å². The highest BCUT2D eigenvalue weighted by molar-refractivity contribution is 9.10. The lowest BCUT2D eigenvalue weighted by Crippen LogP contribution is -1.89. The van der Waals surface area contributed by atoms with Gasteiger partial charge in [-0.1, -0.05) is 44.8 Å². The number of rotatable bonds is 2. The molecule has 0 fully saturated rings. The van der Waals surface area contributed by atoms with Crippen molar-refractivity contribution in [1.82, 2.24) is 5.16 Å². The first-order chi connectivity index (χ1) is 10.1. The molecule has 0 saturated heterocycles.